The molecule has 0 aliphatic carbocycles. The fourth-order valence-electron chi connectivity index (χ4n) is 2.25. The SMILES string of the molecule is COc1ccccc1C(CNC(=O)Nc1ccc(C)cc1)OC. The van der Waals surface area contributed by atoms with Crippen molar-refractivity contribution in [2.45, 2.75) is 13.0 Å². The summed E-state index contributed by atoms with van der Waals surface area (Å²) in [6.07, 6.45) is -0.282. The number of ether oxygens (including phenoxy) is 2. The van der Waals surface area contributed by atoms with E-state index in [0.29, 0.717) is 6.54 Å². The van der Waals surface area contributed by atoms with E-state index in [1.165, 1.54) is 0 Å². The molecule has 0 aliphatic heterocycles. The molecular formula is C18H22N2O3. The van der Waals surface area contributed by atoms with Gasteiger partial charge in [0.05, 0.1) is 7.11 Å². The molecular weight excluding hydrogens is 292 g/mol. The Morgan fingerprint density at radius 3 is 2.43 bits per heavy atom. The minimum atomic E-state index is -0.282. The van der Waals surface area contributed by atoms with E-state index in [9.17, 15) is 4.79 Å². The minimum absolute atomic E-state index is 0.272. The van der Waals surface area contributed by atoms with Crippen LogP contribution in [0.25, 0.3) is 0 Å². The maximum absolute atomic E-state index is 12.0. The maximum atomic E-state index is 12.0. The summed E-state index contributed by atoms with van der Waals surface area (Å²) < 4.78 is 10.8. The van der Waals surface area contributed by atoms with Crippen LogP contribution in [0.3, 0.4) is 0 Å². The number of carbonyl (C=O) groups excluding carboxylic acids is 1. The van der Waals surface area contributed by atoms with Gasteiger partial charge in [-0.05, 0) is 25.1 Å². The number of rotatable bonds is 6. The molecule has 2 rings (SSSR count). The summed E-state index contributed by atoms with van der Waals surface area (Å²) >= 11 is 0. The molecule has 122 valence electrons. The predicted octanol–water partition coefficient (Wildman–Crippen LogP) is 3.51. The zero-order valence-electron chi connectivity index (χ0n) is 13.6. The van der Waals surface area contributed by atoms with Crippen molar-refractivity contribution in [1.82, 2.24) is 5.32 Å². The molecule has 2 amide bonds. The number of nitrogens with one attached hydrogen (secondary N) is 2. The third kappa shape index (κ3) is 4.72. The van der Waals surface area contributed by atoms with Gasteiger partial charge in [0.2, 0.25) is 0 Å². The molecule has 0 spiro atoms. The van der Waals surface area contributed by atoms with Crippen molar-refractivity contribution in [3.05, 3.63) is 59.7 Å². The summed E-state index contributed by atoms with van der Waals surface area (Å²) in [6, 6.07) is 14.9. The van der Waals surface area contributed by atoms with Crippen LogP contribution in [0, 0.1) is 6.92 Å². The molecule has 0 saturated carbocycles. The molecule has 0 aromatic heterocycles. The highest BCUT2D eigenvalue weighted by Crippen LogP contribution is 2.26. The van der Waals surface area contributed by atoms with Gasteiger partial charge in [-0.1, -0.05) is 35.9 Å². The summed E-state index contributed by atoms with van der Waals surface area (Å²) in [5, 5.41) is 5.61. The first-order chi connectivity index (χ1) is 11.1. The third-order valence-corrected chi connectivity index (χ3v) is 3.53. The number of amides is 2. The van der Waals surface area contributed by atoms with Crippen molar-refractivity contribution in [1.29, 1.82) is 0 Å². The molecule has 0 saturated heterocycles. The average molecular weight is 314 g/mol. The van der Waals surface area contributed by atoms with E-state index in [0.717, 1.165) is 22.6 Å². The molecule has 5 heteroatoms. The lowest BCUT2D eigenvalue weighted by atomic mass is 10.1. The number of benzene rings is 2. The zero-order valence-corrected chi connectivity index (χ0v) is 13.6. The van der Waals surface area contributed by atoms with Gasteiger partial charge in [0, 0.05) is 24.9 Å². The largest absolute Gasteiger partial charge is 0.496 e. The van der Waals surface area contributed by atoms with E-state index in [1.807, 2.05) is 55.5 Å². The van der Waals surface area contributed by atoms with Gasteiger partial charge in [-0.2, -0.15) is 0 Å². The Balaban J connectivity index is 1.94. The van der Waals surface area contributed by atoms with Crippen molar-refractivity contribution >= 4 is 11.7 Å². The van der Waals surface area contributed by atoms with E-state index in [1.54, 1.807) is 14.2 Å². The molecule has 0 fully saturated rings. The number of hydrogen-bond acceptors (Lipinski definition) is 3. The Hall–Kier alpha value is -2.53. The standard InChI is InChI=1S/C18H22N2O3/c1-13-8-10-14(11-9-13)20-18(21)19-12-17(23-3)15-6-4-5-7-16(15)22-2/h4-11,17H,12H2,1-3H3,(H2,19,20,21). The van der Waals surface area contributed by atoms with Gasteiger partial charge in [-0.15, -0.1) is 0 Å². The molecule has 0 aliphatic rings. The molecule has 23 heavy (non-hydrogen) atoms. The quantitative estimate of drug-likeness (QED) is 0.858. The highest BCUT2D eigenvalue weighted by Gasteiger charge is 2.16. The summed E-state index contributed by atoms with van der Waals surface area (Å²) in [4.78, 5) is 12.0. The van der Waals surface area contributed by atoms with Gasteiger partial charge in [0.1, 0.15) is 11.9 Å². The monoisotopic (exact) mass is 314 g/mol. The topological polar surface area (TPSA) is 59.6 Å². The Morgan fingerprint density at radius 2 is 1.78 bits per heavy atom. The first-order valence-corrected chi connectivity index (χ1v) is 7.41. The van der Waals surface area contributed by atoms with Crippen molar-refractivity contribution < 1.29 is 14.3 Å². The first kappa shape index (κ1) is 16.8. The Bertz CT molecular complexity index is 641. The lowest BCUT2D eigenvalue weighted by Gasteiger charge is -2.19. The summed E-state index contributed by atoms with van der Waals surface area (Å²) in [6.45, 7) is 2.34. The fraction of sp³-hybridized carbons (Fsp3) is 0.278. The van der Waals surface area contributed by atoms with Crippen LogP contribution in [0.2, 0.25) is 0 Å². The second kappa shape index (κ2) is 8.19. The van der Waals surface area contributed by atoms with E-state index >= 15 is 0 Å². The average Bonchev–Trinajstić information content (AvgIpc) is 2.58. The maximum Gasteiger partial charge on any atom is 0.319 e. The molecule has 1 unspecified atom stereocenters. The normalized spacial score (nSPS) is 11.6. The van der Waals surface area contributed by atoms with E-state index in [4.69, 9.17) is 9.47 Å². The zero-order chi connectivity index (χ0) is 16.7. The van der Waals surface area contributed by atoms with E-state index in [-0.39, 0.29) is 12.1 Å². The van der Waals surface area contributed by atoms with E-state index in [2.05, 4.69) is 10.6 Å². The number of carbonyl (C=O) groups is 1. The van der Waals surface area contributed by atoms with Crippen molar-refractivity contribution in [2.75, 3.05) is 26.1 Å². The first-order valence-electron chi connectivity index (χ1n) is 7.41. The van der Waals surface area contributed by atoms with Crippen LogP contribution in [0.4, 0.5) is 10.5 Å². The van der Waals surface area contributed by atoms with Crippen LogP contribution in [0.15, 0.2) is 48.5 Å². The molecule has 1 atom stereocenters. The summed E-state index contributed by atoms with van der Waals surface area (Å²) in [5.41, 5.74) is 2.79. The van der Waals surface area contributed by atoms with Crippen LogP contribution < -0.4 is 15.4 Å². The van der Waals surface area contributed by atoms with Crippen LogP contribution in [-0.4, -0.2) is 26.8 Å². The Labute approximate surface area is 136 Å². The van der Waals surface area contributed by atoms with Gasteiger partial charge in [0.15, 0.2) is 0 Å². The number of anilines is 1. The van der Waals surface area contributed by atoms with Gasteiger partial charge >= 0.3 is 6.03 Å². The molecule has 0 heterocycles. The lowest BCUT2D eigenvalue weighted by molar-refractivity contribution is 0.102. The number of aryl methyl sites for hydroxylation is 1. The third-order valence-electron chi connectivity index (χ3n) is 3.53. The van der Waals surface area contributed by atoms with Gasteiger partial charge in [-0.25, -0.2) is 4.79 Å². The van der Waals surface area contributed by atoms with Crippen LogP contribution >= 0.6 is 0 Å². The Kier molecular flexibility index (Phi) is 6.00. The van der Waals surface area contributed by atoms with Gasteiger partial charge in [0.25, 0.3) is 0 Å². The van der Waals surface area contributed by atoms with Gasteiger partial charge in [-0.3, -0.25) is 0 Å². The molecule has 5 nitrogen and oxygen atoms in total. The van der Waals surface area contributed by atoms with Crippen LogP contribution in [-0.2, 0) is 4.74 Å². The molecule has 0 bridgehead atoms. The second-order valence-corrected chi connectivity index (χ2v) is 5.17. The van der Waals surface area contributed by atoms with Gasteiger partial charge < -0.3 is 20.1 Å². The summed E-state index contributed by atoms with van der Waals surface area (Å²) in [5.74, 6) is 0.736. The highest BCUT2D eigenvalue weighted by molar-refractivity contribution is 5.89. The van der Waals surface area contributed by atoms with Crippen molar-refractivity contribution in [3.63, 3.8) is 0 Å². The number of hydrogen-bond donors (Lipinski definition) is 2. The molecule has 2 aromatic rings. The number of methoxy groups -OCH3 is 2. The second-order valence-electron chi connectivity index (χ2n) is 5.17. The fourth-order valence-corrected chi connectivity index (χ4v) is 2.25. The molecule has 2 N–H and O–H groups in total. The number of para-hydroxylation sites is 1. The Morgan fingerprint density at radius 1 is 1.09 bits per heavy atom. The minimum Gasteiger partial charge on any atom is -0.496 e. The number of urea groups is 1. The van der Waals surface area contributed by atoms with Crippen molar-refractivity contribution in [3.8, 4) is 5.75 Å². The van der Waals surface area contributed by atoms with E-state index < -0.39 is 0 Å². The van der Waals surface area contributed by atoms with Crippen LogP contribution in [0.5, 0.6) is 5.75 Å². The molecule has 2 aromatic carbocycles. The molecule has 0 radical (unpaired) electrons. The predicted molar refractivity (Wildman–Crippen MR) is 90.9 cm³/mol. The smallest absolute Gasteiger partial charge is 0.319 e. The van der Waals surface area contributed by atoms with Crippen molar-refractivity contribution in [2.24, 2.45) is 0 Å². The lowest BCUT2D eigenvalue weighted by Crippen LogP contribution is -2.33. The summed E-state index contributed by atoms with van der Waals surface area (Å²) in [7, 11) is 3.22. The highest BCUT2D eigenvalue weighted by atomic mass is 16.5. The van der Waals surface area contributed by atoms with Crippen LogP contribution in [0.1, 0.15) is 17.2 Å².